The van der Waals surface area contributed by atoms with Crippen LogP contribution in [0, 0.1) is 6.92 Å². The highest BCUT2D eigenvalue weighted by molar-refractivity contribution is 9.10. The average molecular weight is 285 g/mol. The van der Waals surface area contributed by atoms with Crippen molar-refractivity contribution < 1.29 is 0 Å². The van der Waals surface area contributed by atoms with Gasteiger partial charge in [-0.2, -0.15) is 0 Å². The van der Waals surface area contributed by atoms with Crippen LogP contribution < -0.4 is 5.32 Å². The molecule has 3 heteroatoms. The number of aryl methyl sites for hydroxylation is 1. The minimum absolute atomic E-state index is 0.957. The smallest absolute Gasteiger partial charge is 0.0208 e. The third-order valence-electron chi connectivity index (χ3n) is 2.59. The lowest BCUT2D eigenvalue weighted by atomic mass is 10.1. The minimum atomic E-state index is 0.957. The summed E-state index contributed by atoms with van der Waals surface area (Å²) >= 11 is 3.50. The first-order valence-electron chi connectivity index (χ1n) is 5.70. The fraction of sp³-hybridized carbons (Fsp3) is 0.538. The van der Waals surface area contributed by atoms with Crippen molar-refractivity contribution in [3.05, 3.63) is 33.8 Å². The maximum absolute atomic E-state index is 3.50. The molecule has 0 aliphatic heterocycles. The fourth-order valence-electron chi connectivity index (χ4n) is 1.57. The first-order chi connectivity index (χ1) is 7.59. The molecule has 0 aliphatic carbocycles. The molecule has 0 bridgehead atoms. The van der Waals surface area contributed by atoms with Crippen LogP contribution in [0.5, 0.6) is 0 Å². The molecule has 0 aliphatic rings. The van der Waals surface area contributed by atoms with Gasteiger partial charge in [0.15, 0.2) is 0 Å². The van der Waals surface area contributed by atoms with E-state index in [1.54, 1.807) is 0 Å². The molecule has 0 fully saturated rings. The fourth-order valence-corrected chi connectivity index (χ4v) is 1.98. The van der Waals surface area contributed by atoms with Gasteiger partial charge in [0, 0.05) is 11.0 Å². The van der Waals surface area contributed by atoms with Crippen molar-refractivity contribution in [3.8, 4) is 0 Å². The number of nitrogens with one attached hydrogen (secondary N) is 1. The largest absolute Gasteiger partial charge is 0.313 e. The van der Waals surface area contributed by atoms with Crippen molar-refractivity contribution in [2.45, 2.75) is 19.9 Å². The van der Waals surface area contributed by atoms with E-state index in [0.29, 0.717) is 0 Å². The monoisotopic (exact) mass is 284 g/mol. The van der Waals surface area contributed by atoms with Crippen LogP contribution in [-0.4, -0.2) is 32.1 Å². The van der Waals surface area contributed by atoms with Crippen LogP contribution in [-0.2, 0) is 6.54 Å². The Bertz CT molecular complexity index is 324. The summed E-state index contributed by atoms with van der Waals surface area (Å²) in [5, 5.41) is 3.48. The van der Waals surface area contributed by atoms with E-state index >= 15 is 0 Å². The number of benzene rings is 1. The molecule has 0 aromatic heterocycles. The molecule has 0 unspecified atom stereocenters. The van der Waals surface area contributed by atoms with Crippen molar-refractivity contribution >= 4 is 15.9 Å². The van der Waals surface area contributed by atoms with Gasteiger partial charge in [-0.1, -0.05) is 22.0 Å². The Kier molecular flexibility index (Phi) is 6.03. The van der Waals surface area contributed by atoms with Crippen LogP contribution in [0.3, 0.4) is 0 Å². The molecule has 2 nitrogen and oxygen atoms in total. The summed E-state index contributed by atoms with van der Waals surface area (Å²) in [5.74, 6) is 0. The Morgan fingerprint density at radius 3 is 2.75 bits per heavy atom. The predicted octanol–water partition coefficient (Wildman–Crippen LogP) is 2.80. The molecule has 0 saturated heterocycles. The zero-order valence-corrected chi connectivity index (χ0v) is 12.0. The van der Waals surface area contributed by atoms with Crippen LogP contribution >= 0.6 is 15.9 Å². The van der Waals surface area contributed by atoms with Gasteiger partial charge in [0.1, 0.15) is 0 Å². The molecule has 16 heavy (non-hydrogen) atoms. The maximum atomic E-state index is 3.50. The first-order valence-corrected chi connectivity index (χ1v) is 6.49. The summed E-state index contributed by atoms with van der Waals surface area (Å²) in [6, 6.07) is 6.43. The van der Waals surface area contributed by atoms with Gasteiger partial charge in [-0.3, -0.25) is 0 Å². The summed E-state index contributed by atoms with van der Waals surface area (Å²) in [5.41, 5.74) is 2.72. The number of nitrogens with zero attached hydrogens (tertiary/aromatic N) is 1. The average Bonchev–Trinajstić information content (AvgIpc) is 2.22. The molecule has 0 heterocycles. The van der Waals surface area contributed by atoms with Gasteiger partial charge < -0.3 is 10.2 Å². The molecule has 0 spiro atoms. The van der Waals surface area contributed by atoms with Crippen LogP contribution in [0.25, 0.3) is 0 Å². The van der Waals surface area contributed by atoms with Crippen LogP contribution in [0.15, 0.2) is 22.7 Å². The topological polar surface area (TPSA) is 15.3 Å². The summed E-state index contributed by atoms with van der Waals surface area (Å²) < 4.78 is 1.16. The quantitative estimate of drug-likeness (QED) is 0.809. The molecule has 0 atom stereocenters. The van der Waals surface area contributed by atoms with E-state index in [1.807, 2.05) is 0 Å². The summed E-state index contributed by atoms with van der Waals surface area (Å²) in [6.07, 6.45) is 1.19. The second-order valence-corrected chi connectivity index (χ2v) is 5.32. The van der Waals surface area contributed by atoms with Gasteiger partial charge in [0.25, 0.3) is 0 Å². The predicted molar refractivity (Wildman–Crippen MR) is 73.8 cm³/mol. The molecular formula is C13H21BrN2. The third kappa shape index (κ3) is 5.10. The Hall–Kier alpha value is -0.380. The SMILES string of the molecule is Cc1ccc(Br)cc1CNCCCN(C)C. The molecule has 1 rings (SSSR count). The number of rotatable bonds is 6. The van der Waals surface area contributed by atoms with Gasteiger partial charge in [0.2, 0.25) is 0 Å². The van der Waals surface area contributed by atoms with E-state index in [-0.39, 0.29) is 0 Å². The first kappa shape index (κ1) is 13.7. The van der Waals surface area contributed by atoms with Gasteiger partial charge in [-0.05, 0) is 63.8 Å². The van der Waals surface area contributed by atoms with E-state index in [0.717, 1.165) is 24.1 Å². The highest BCUT2D eigenvalue weighted by Gasteiger charge is 1.98. The summed E-state index contributed by atoms with van der Waals surface area (Å²) in [6.45, 7) is 5.33. The standard InChI is InChI=1S/C13H21BrN2/c1-11-5-6-13(14)9-12(11)10-15-7-4-8-16(2)3/h5-6,9,15H,4,7-8,10H2,1-3H3. The van der Waals surface area contributed by atoms with Crippen molar-refractivity contribution in [1.29, 1.82) is 0 Å². The zero-order valence-electron chi connectivity index (χ0n) is 10.4. The second-order valence-electron chi connectivity index (χ2n) is 4.40. The summed E-state index contributed by atoms with van der Waals surface area (Å²) in [7, 11) is 4.22. The van der Waals surface area contributed by atoms with E-state index in [1.165, 1.54) is 17.5 Å². The Morgan fingerprint density at radius 1 is 1.31 bits per heavy atom. The number of hydrogen-bond donors (Lipinski definition) is 1. The highest BCUT2D eigenvalue weighted by atomic mass is 79.9. The molecule has 1 aromatic rings. The summed E-state index contributed by atoms with van der Waals surface area (Å²) in [4.78, 5) is 2.21. The molecule has 1 aromatic carbocycles. The van der Waals surface area contributed by atoms with E-state index in [2.05, 4.69) is 65.4 Å². The highest BCUT2D eigenvalue weighted by Crippen LogP contribution is 2.15. The third-order valence-corrected chi connectivity index (χ3v) is 3.08. The molecule has 1 N–H and O–H groups in total. The minimum Gasteiger partial charge on any atom is -0.313 e. The van der Waals surface area contributed by atoms with Crippen LogP contribution in [0.2, 0.25) is 0 Å². The molecule has 0 amide bonds. The van der Waals surface area contributed by atoms with Gasteiger partial charge in [0.05, 0.1) is 0 Å². The Balaban J connectivity index is 2.29. The van der Waals surface area contributed by atoms with Crippen molar-refractivity contribution in [3.63, 3.8) is 0 Å². The van der Waals surface area contributed by atoms with Crippen LogP contribution in [0.1, 0.15) is 17.5 Å². The van der Waals surface area contributed by atoms with Gasteiger partial charge >= 0.3 is 0 Å². The lowest BCUT2D eigenvalue weighted by Gasteiger charge is -2.11. The van der Waals surface area contributed by atoms with Gasteiger partial charge in [-0.15, -0.1) is 0 Å². The van der Waals surface area contributed by atoms with E-state index < -0.39 is 0 Å². The maximum Gasteiger partial charge on any atom is 0.0208 e. The Labute approximate surface area is 107 Å². The molecule has 90 valence electrons. The number of hydrogen-bond acceptors (Lipinski definition) is 2. The lowest BCUT2D eigenvalue weighted by Crippen LogP contribution is -2.21. The van der Waals surface area contributed by atoms with Gasteiger partial charge in [-0.25, -0.2) is 0 Å². The Morgan fingerprint density at radius 2 is 2.06 bits per heavy atom. The molecule has 0 saturated carbocycles. The zero-order chi connectivity index (χ0) is 12.0. The van der Waals surface area contributed by atoms with Crippen LogP contribution in [0.4, 0.5) is 0 Å². The second kappa shape index (κ2) is 7.05. The molecule has 0 radical (unpaired) electrons. The van der Waals surface area contributed by atoms with Crippen molar-refractivity contribution in [1.82, 2.24) is 10.2 Å². The van der Waals surface area contributed by atoms with E-state index in [4.69, 9.17) is 0 Å². The normalized spacial score (nSPS) is 11.1. The van der Waals surface area contributed by atoms with Crippen molar-refractivity contribution in [2.24, 2.45) is 0 Å². The van der Waals surface area contributed by atoms with Crippen molar-refractivity contribution in [2.75, 3.05) is 27.2 Å². The van der Waals surface area contributed by atoms with E-state index in [9.17, 15) is 0 Å². The molecular weight excluding hydrogens is 264 g/mol. The lowest BCUT2D eigenvalue weighted by molar-refractivity contribution is 0.394. The number of halogens is 1.